The number of nitrogens with one attached hydrogen (secondary N) is 1. The van der Waals surface area contributed by atoms with Gasteiger partial charge in [-0.1, -0.05) is 12.1 Å². The number of rotatable bonds is 3. The topological polar surface area (TPSA) is 38.1 Å². The molecule has 4 heteroatoms. The second kappa shape index (κ2) is 4.15. The van der Waals surface area contributed by atoms with E-state index < -0.39 is 0 Å². The van der Waals surface area contributed by atoms with E-state index in [9.17, 15) is 0 Å². The van der Waals surface area contributed by atoms with Crippen LogP contribution < -0.4 is 5.32 Å². The summed E-state index contributed by atoms with van der Waals surface area (Å²) in [6.07, 6.45) is 2.95. The first kappa shape index (κ1) is 9.09. The quantitative estimate of drug-likeness (QED) is 0.801. The lowest BCUT2D eigenvalue weighted by Crippen LogP contribution is -2.28. The van der Waals surface area contributed by atoms with E-state index in [0.717, 1.165) is 17.6 Å². The number of hydrogen-bond donors (Lipinski definition) is 1. The Morgan fingerprint density at radius 2 is 2.69 bits per heavy atom. The van der Waals surface area contributed by atoms with E-state index in [1.54, 1.807) is 6.20 Å². The average Bonchev–Trinajstić information content (AvgIpc) is 2.71. The third kappa shape index (κ3) is 2.48. The van der Waals surface area contributed by atoms with Gasteiger partial charge in [-0.15, -0.1) is 0 Å². The van der Waals surface area contributed by atoms with E-state index in [0.29, 0.717) is 6.04 Å². The smallest absolute Gasteiger partial charge is 0.150 e. The molecule has 1 N–H and O–H groups in total. The summed E-state index contributed by atoms with van der Waals surface area (Å²) in [5, 5.41) is 7.92. The van der Waals surface area contributed by atoms with Crippen LogP contribution in [0.5, 0.6) is 0 Å². The van der Waals surface area contributed by atoms with Crippen molar-refractivity contribution in [2.45, 2.75) is 31.2 Å². The van der Waals surface area contributed by atoms with Gasteiger partial charge in [-0.2, -0.15) is 11.8 Å². The fraction of sp³-hybridized carbons (Fsp3) is 0.667. The van der Waals surface area contributed by atoms with Crippen molar-refractivity contribution in [2.24, 2.45) is 0 Å². The van der Waals surface area contributed by atoms with Crippen LogP contribution in [-0.2, 0) is 6.54 Å². The highest BCUT2D eigenvalue weighted by molar-refractivity contribution is 8.00. The molecule has 1 aliphatic heterocycles. The molecule has 2 heterocycles. The van der Waals surface area contributed by atoms with Gasteiger partial charge in [-0.25, -0.2) is 0 Å². The molecule has 1 fully saturated rings. The number of thioether (sulfide) groups is 1. The maximum Gasteiger partial charge on any atom is 0.150 e. The van der Waals surface area contributed by atoms with Gasteiger partial charge in [0.15, 0.2) is 0 Å². The molecular formula is C9H14N2OS. The van der Waals surface area contributed by atoms with Crippen LogP contribution in [0, 0.1) is 0 Å². The Labute approximate surface area is 82.3 Å². The lowest BCUT2D eigenvalue weighted by atomic mass is 10.2. The summed E-state index contributed by atoms with van der Waals surface area (Å²) < 4.78 is 5.00. The van der Waals surface area contributed by atoms with Crippen LogP contribution in [0.2, 0.25) is 0 Å². The molecule has 0 radical (unpaired) electrons. The fourth-order valence-corrected chi connectivity index (χ4v) is 2.72. The van der Waals surface area contributed by atoms with Crippen LogP contribution in [0.25, 0.3) is 0 Å². The molecule has 3 nitrogen and oxygen atoms in total. The number of hydrogen-bond acceptors (Lipinski definition) is 4. The molecule has 1 aromatic heterocycles. The van der Waals surface area contributed by atoms with Crippen molar-refractivity contribution in [2.75, 3.05) is 5.75 Å². The molecule has 0 amide bonds. The maximum atomic E-state index is 5.00. The summed E-state index contributed by atoms with van der Waals surface area (Å²) in [5.74, 6) is 2.14. The molecule has 0 aromatic carbocycles. The van der Waals surface area contributed by atoms with Crippen molar-refractivity contribution in [3.8, 4) is 0 Å². The molecule has 72 valence electrons. The Balaban J connectivity index is 1.74. The normalized spacial score (nSPS) is 28.1. The summed E-state index contributed by atoms with van der Waals surface area (Å²) >= 11 is 2.03. The van der Waals surface area contributed by atoms with Gasteiger partial charge in [0.05, 0.1) is 12.7 Å². The number of aromatic nitrogens is 1. The van der Waals surface area contributed by atoms with Gasteiger partial charge in [0.25, 0.3) is 0 Å². The van der Waals surface area contributed by atoms with Gasteiger partial charge in [-0.05, 0) is 6.42 Å². The van der Waals surface area contributed by atoms with Crippen LogP contribution in [0.4, 0.5) is 0 Å². The second-order valence-corrected chi connectivity index (χ2v) is 4.91. The van der Waals surface area contributed by atoms with Crippen LogP contribution >= 0.6 is 11.8 Å². The molecule has 0 saturated carbocycles. The van der Waals surface area contributed by atoms with Crippen LogP contribution in [0.3, 0.4) is 0 Å². The zero-order valence-corrected chi connectivity index (χ0v) is 8.51. The molecule has 2 unspecified atom stereocenters. The Morgan fingerprint density at radius 1 is 1.77 bits per heavy atom. The van der Waals surface area contributed by atoms with E-state index in [1.807, 2.05) is 17.8 Å². The van der Waals surface area contributed by atoms with Crippen LogP contribution in [-0.4, -0.2) is 22.2 Å². The summed E-state index contributed by atoms with van der Waals surface area (Å²) in [4.78, 5) is 0. The first-order chi connectivity index (χ1) is 6.34. The minimum absolute atomic E-state index is 0.644. The highest BCUT2D eigenvalue weighted by Crippen LogP contribution is 2.25. The third-order valence-corrected chi connectivity index (χ3v) is 3.61. The maximum absolute atomic E-state index is 5.00. The minimum atomic E-state index is 0.644. The minimum Gasteiger partial charge on any atom is -0.360 e. The summed E-state index contributed by atoms with van der Waals surface area (Å²) in [5.41, 5.74) is 0. The van der Waals surface area contributed by atoms with E-state index in [-0.39, 0.29) is 0 Å². The van der Waals surface area contributed by atoms with Crippen molar-refractivity contribution >= 4 is 11.8 Å². The van der Waals surface area contributed by atoms with Crippen LogP contribution in [0.1, 0.15) is 19.1 Å². The van der Waals surface area contributed by atoms with Crippen molar-refractivity contribution in [1.82, 2.24) is 10.5 Å². The summed E-state index contributed by atoms with van der Waals surface area (Å²) in [7, 11) is 0. The van der Waals surface area contributed by atoms with Gasteiger partial charge in [-0.3, -0.25) is 0 Å². The Morgan fingerprint density at radius 3 is 3.31 bits per heavy atom. The van der Waals surface area contributed by atoms with Crippen LogP contribution in [0.15, 0.2) is 16.8 Å². The SMILES string of the molecule is CC1CC(NCc2ccno2)CS1. The number of nitrogens with zero attached hydrogens (tertiary/aromatic N) is 1. The third-order valence-electron chi connectivity index (χ3n) is 2.25. The molecule has 1 aliphatic rings. The molecule has 2 atom stereocenters. The molecule has 0 aliphatic carbocycles. The van der Waals surface area contributed by atoms with Gasteiger partial charge >= 0.3 is 0 Å². The van der Waals surface area contributed by atoms with Gasteiger partial charge in [0, 0.05) is 23.1 Å². The van der Waals surface area contributed by atoms with E-state index >= 15 is 0 Å². The average molecular weight is 198 g/mol. The highest BCUT2D eigenvalue weighted by atomic mass is 32.2. The molecule has 13 heavy (non-hydrogen) atoms. The van der Waals surface area contributed by atoms with E-state index in [4.69, 9.17) is 4.52 Å². The molecule has 1 aromatic rings. The molecule has 1 saturated heterocycles. The Bertz CT molecular complexity index is 250. The zero-order chi connectivity index (χ0) is 9.10. The Hall–Kier alpha value is -0.480. The van der Waals surface area contributed by atoms with E-state index in [1.165, 1.54) is 12.2 Å². The van der Waals surface area contributed by atoms with Crippen molar-refractivity contribution in [1.29, 1.82) is 0 Å². The predicted octanol–water partition coefficient (Wildman–Crippen LogP) is 1.66. The molecule has 0 spiro atoms. The van der Waals surface area contributed by atoms with Crippen molar-refractivity contribution < 1.29 is 4.52 Å². The lowest BCUT2D eigenvalue weighted by molar-refractivity contribution is 0.364. The van der Waals surface area contributed by atoms with Crippen molar-refractivity contribution in [3.05, 3.63) is 18.0 Å². The lowest BCUT2D eigenvalue weighted by Gasteiger charge is -2.08. The first-order valence-electron chi connectivity index (χ1n) is 4.59. The fourth-order valence-electron chi connectivity index (χ4n) is 1.54. The molecule has 2 rings (SSSR count). The summed E-state index contributed by atoms with van der Waals surface area (Å²) in [6.45, 7) is 3.08. The van der Waals surface area contributed by atoms with Gasteiger partial charge < -0.3 is 9.84 Å². The predicted molar refractivity (Wildman–Crippen MR) is 53.7 cm³/mol. The van der Waals surface area contributed by atoms with Gasteiger partial charge in [0.1, 0.15) is 5.76 Å². The first-order valence-corrected chi connectivity index (χ1v) is 5.64. The largest absolute Gasteiger partial charge is 0.360 e. The highest BCUT2D eigenvalue weighted by Gasteiger charge is 2.21. The monoisotopic (exact) mass is 198 g/mol. The van der Waals surface area contributed by atoms with Crippen molar-refractivity contribution in [3.63, 3.8) is 0 Å². The standard InChI is InChI=1S/C9H14N2OS/c1-7-4-8(6-13-7)10-5-9-2-3-11-12-9/h2-3,7-8,10H,4-6H2,1H3. The van der Waals surface area contributed by atoms with E-state index in [2.05, 4.69) is 17.4 Å². The zero-order valence-electron chi connectivity index (χ0n) is 7.69. The summed E-state index contributed by atoms with van der Waals surface area (Å²) in [6, 6.07) is 2.54. The molecule has 0 bridgehead atoms. The van der Waals surface area contributed by atoms with Gasteiger partial charge in [0.2, 0.25) is 0 Å². The Kier molecular flexibility index (Phi) is 2.90. The second-order valence-electron chi connectivity index (χ2n) is 3.44. The molecular weight excluding hydrogens is 184 g/mol.